The number of carboxylic acids is 1. The lowest BCUT2D eigenvalue weighted by atomic mass is 9.90. The highest BCUT2D eigenvalue weighted by Gasteiger charge is 2.18. The molecule has 1 aromatic carbocycles. The lowest BCUT2D eigenvalue weighted by Gasteiger charge is -2.16. The molecule has 0 spiro atoms. The van der Waals surface area contributed by atoms with Crippen molar-refractivity contribution in [2.45, 2.75) is 40.0 Å². The minimum Gasteiger partial charge on any atom is -0.481 e. The zero-order valence-corrected chi connectivity index (χ0v) is 12.1. The SMILES string of the molecule is Cc1cc(C)cc(CCC(C)CC(CN)C(=O)O)c1. The van der Waals surface area contributed by atoms with Crippen LogP contribution in [-0.2, 0) is 11.2 Å². The van der Waals surface area contributed by atoms with Crippen molar-refractivity contribution in [3.63, 3.8) is 0 Å². The van der Waals surface area contributed by atoms with E-state index in [-0.39, 0.29) is 6.54 Å². The summed E-state index contributed by atoms with van der Waals surface area (Å²) in [6, 6.07) is 6.58. The number of rotatable bonds is 7. The van der Waals surface area contributed by atoms with Crippen LogP contribution >= 0.6 is 0 Å². The fourth-order valence-electron chi connectivity index (χ4n) is 2.53. The smallest absolute Gasteiger partial charge is 0.307 e. The number of nitrogens with two attached hydrogens (primary N) is 1. The number of carboxylic acid groups (broad SMARTS) is 1. The molecule has 2 atom stereocenters. The van der Waals surface area contributed by atoms with Gasteiger partial charge in [0.1, 0.15) is 0 Å². The standard InChI is InChI=1S/C16H25NO2/c1-11(9-15(10-17)16(18)19)4-5-14-7-12(2)6-13(3)8-14/h6-8,11,15H,4-5,9-10,17H2,1-3H3,(H,18,19). The third-order valence-electron chi connectivity index (χ3n) is 3.53. The van der Waals surface area contributed by atoms with Crippen LogP contribution in [0.2, 0.25) is 0 Å². The zero-order valence-electron chi connectivity index (χ0n) is 12.1. The largest absolute Gasteiger partial charge is 0.481 e. The molecule has 0 aliphatic carbocycles. The maximum Gasteiger partial charge on any atom is 0.307 e. The summed E-state index contributed by atoms with van der Waals surface area (Å²) in [6.07, 6.45) is 2.67. The van der Waals surface area contributed by atoms with E-state index >= 15 is 0 Å². The van der Waals surface area contributed by atoms with Crippen LogP contribution in [0.1, 0.15) is 36.5 Å². The van der Waals surface area contributed by atoms with Crippen LogP contribution in [0.4, 0.5) is 0 Å². The van der Waals surface area contributed by atoms with Gasteiger partial charge in [0.2, 0.25) is 0 Å². The van der Waals surface area contributed by atoms with Crippen LogP contribution in [0.5, 0.6) is 0 Å². The molecule has 106 valence electrons. The highest BCUT2D eigenvalue weighted by atomic mass is 16.4. The topological polar surface area (TPSA) is 63.3 Å². The third kappa shape index (κ3) is 5.43. The second-order valence-electron chi connectivity index (χ2n) is 5.65. The molecule has 0 aromatic heterocycles. The number of aryl methyl sites for hydroxylation is 3. The highest BCUT2D eigenvalue weighted by Crippen LogP contribution is 2.19. The molecule has 2 unspecified atom stereocenters. The molecule has 3 nitrogen and oxygen atoms in total. The molecule has 0 fully saturated rings. The fourth-order valence-corrected chi connectivity index (χ4v) is 2.53. The predicted molar refractivity (Wildman–Crippen MR) is 78.2 cm³/mol. The predicted octanol–water partition coefficient (Wildman–Crippen LogP) is 2.92. The quantitative estimate of drug-likeness (QED) is 0.795. The van der Waals surface area contributed by atoms with Crippen molar-refractivity contribution in [2.24, 2.45) is 17.6 Å². The summed E-state index contributed by atoms with van der Waals surface area (Å²) in [5.74, 6) is -0.805. The molecular formula is C16H25NO2. The third-order valence-corrected chi connectivity index (χ3v) is 3.53. The first-order chi connectivity index (χ1) is 8.92. The summed E-state index contributed by atoms with van der Waals surface area (Å²) in [7, 11) is 0. The van der Waals surface area contributed by atoms with Gasteiger partial charge in [-0.2, -0.15) is 0 Å². The van der Waals surface area contributed by atoms with Crippen LogP contribution < -0.4 is 5.73 Å². The Bertz CT molecular complexity index is 409. The van der Waals surface area contributed by atoms with E-state index in [0.29, 0.717) is 12.3 Å². The summed E-state index contributed by atoms with van der Waals surface area (Å²) >= 11 is 0. The second-order valence-corrected chi connectivity index (χ2v) is 5.65. The van der Waals surface area contributed by atoms with Gasteiger partial charge in [-0.1, -0.05) is 36.2 Å². The maximum atomic E-state index is 10.9. The molecular weight excluding hydrogens is 238 g/mol. The Morgan fingerprint density at radius 2 is 1.84 bits per heavy atom. The zero-order chi connectivity index (χ0) is 14.4. The van der Waals surface area contributed by atoms with Crippen LogP contribution in [0.15, 0.2) is 18.2 Å². The van der Waals surface area contributed by atoms with E-state index in [4.69, 9.17) is 10.8 Å². The van der Waals surface area contributed by atoms with Crippen molar-refractivity contribution < 1.29 is 9.90 Å². The molecule has 3 heteroatoms. The van der Waals surface area contributed by atoms with Gasteiger partial charge in [0, 0.05) is 6.54 Å². The van der Waals surface area contributed by atoms with Crippen molar-refractivity contribution >= 4 is 5.97 Å². The lowest BCUT2D eigenvalue weighted by Crippen LogP contribution is -2.25. The Morgan fingerprint density at radius 1 is 1.26 bits per heavy atom. The van der Waals surface area contributed by atoms with E-state index in [1.165, 1.54) is 16.7 Å². The Morgan fingerprint density at radius 3 is 2.32 bits per heavy atom. The number of carbonyl (C=O) groups is 1. The molecule has 1 rings (SSSR count). The molecule has 0 aliphatic heterocycles. The first kappa shape index (κ1) is 15.7. The van der Waals surface area contributed by atoms with Crippen molar-refractivity contribution in [1.29, 1.82) is 0 Å². The monoisotopic (exact) mass is 263 g/mol. The van der Waals surface area contributed by atoms with Crippen molar-refractivity contribution in [1.82, 2.24) is 0 Å². The van der Waals surface area contributed by atoms with E-state index in [0.717, 1.165) is 12.8 Å². The van der Waals surface area contributed by atoms with Gasteiger partial charge in [0.05, 0.1) is 5.92 Å². The van der Waals surface area contributed by atoms with E-state index in [9.17, 15) is 4.79 Å². The molecule has 0 aliphatic rings. The maximum absolute atomic E-state index is 10.9. The van der Waals surface area contributed by atoms with Gasteiger partial charge >= 0.3 is 5.97 Å². The van der Waals surface area contributed by atoms with Crippen molar-refractivity contribution in [2.75, 3.05) is 6.54 Å². The molecule has 3 N–H and O–H groups in total. The number of hydrogen-bond donors (Lipinski definition) is 2. The van der Waals surface area contributed by atoms with Crippen LogP contribution in [0, 0.1) is 25.7 Å². The first-order valence-electron chi connectivity index (χ1n) is 6.92. The summed E-state index contributed by atoms with van der Waals surface area (Å²) < 4.78 is 0. The Labute approximate surface area is 115 Å². The Kier molecular flexibility index (Phi) is 6.03. The van der Waals surface area contributed by atoms with E-state index in [1.54, 1.807) is 0 Å². The molecule has 1 aromatic rings. The fraction of sp³-hybridized carbons (Fsp3) is 0.562. The van der Waals surface area contributed by atoms with E-state index < -0.39 is 11.9 Å². The molecule has 0 bridgehead atoms. The van der Waals surface area contributed by atoms with Crippen LogP contribution in [-0.4, -0.2) is 17.6 Å². The Hall–Kier alpha value is -1.35. The summed E-state index contributed by atoms with van der Waals surface area (Å²) in [4.78, 5) is 10.9. The van der Waals surface area contributed by atoms with E-state index in [1.807, 2.05) is 0 Å². The van der Waals surface area contributed by atoms with E-state index in [2.05, 4.69) is 39.0 Å². The van der Waals surface area contributed by atoms with Crippen LogP contribution in [0.25, 0.3) is 0 Å². The normalized spacial score (nSPS) is 14.1. The van der Waals surface area contributed by atoms with Gasteiger partial charge in [-0.15, -0.1) is 0 Å². The van der Waals surface area contributed by atoms with Crippen LogP contribution in [0.3, 0.4) is 0 Å². The van der Waals surface area contributed by atoms with Gasteiger partial charge in [0.15, 0.2) is 0 Å². The lowest BCUT2D eigenvalue weighted by molar-refractivity contribution is -0.141. The molecule has 0 amide bonds. The number of aliphatic carboxylic acids is 1. The minimum atomic E-state index is -0.777. The Balaban J connectivity index is 2.49. The highest BCUT2D eigenvalue weighted by molar-refractivity contribution is 5.70. The van der Waals surface area contributed by atoms with Crippen molar-refractivity contribution in [3.8, 4) is 0 Å². The average Bonchev–Trinajstić information content (AvgIpc) is 2.32. The van der Waals surface area contributed by atoms with Gasteiger partial charge in [-0.25, -0.2) is 0 Å². The first-order valence-corrected chi connectivity index (χ1v) is 6.92. The van der Waals surface area contributed by atoms with Gasteiger partial charge in [0.25, 0.3) is 0 Å². The molecule has 19 heavy (non-hydrogen) atoms. The average molecular weight is 263 g/mol. The molecule has 0 radical (unpaired) electrons. The summed E-state index contributed by atoms with van der Waals surface area (Å²) in [6.45, 7) is 6.54. The van der Waals surface area contributed by atoms with Crippen molar-refractivity contribution in [3.05, 3.63) is 34.9 Å². The summed E-state index contributed by atoms with van der Waals surface area (Å²) in [5.41, 5.74) is 9.40. The van der Waals surface area contributed by atoms with Gasteiger partial charge in [-0.3, -0.25) is 4.79 Å². The van der Waals surface area contributed by atoms with Gasteiger partial charge < -0.3 is 10.8 Å². The second kappa shape index (κ2) is 7.29. The molecule has 0 heterocycles. The minimum absolute atomic E-state index is 0.225. The molecule has 0 saturated heterocycles. The number of benzene rings is 1. The van der Waals surface area contributed by atoms with Gasteiger partial charge in [-0.05, 0) is 44.6 Å². The number of hydrogen-bond acceptors (Lipinski definition) is 2. The molecule has 0 saturated carbocycles. The summed E-state index contributed by atoms with van der Waals surface area (Å²) in [5, 5.41) is 9.00.